The van der Waals surface area contributed by atoms with Gasteiger partial charge in [-0.3, -0.25) is 9.59 Å². The summed E-state index contributed by atoms with van der Waals surface area (Å²) in [6.07, 6.45) is 5.84. The maximum absolute atomic E-state index is 13.5. The highest BCUT2D eigenvalue weighted by atomic mass is 19.1. The van der Waals surface area contributed by atoms with Gasteiger partial charge in [-0.25, -0.2) is 22.4 Å². The fraction of sp³-hybridized carbons (Fsp3) is 0.386. The Labute approximate surface area is 326 Å². The molecule has 2 heterocycles. The molecule has 11 heteroatoms. The molecule has 4 aromatic carbocycles. The van der Waals surface area contributed by atoms with Gasteiger partial charge in [0.2, 0.25) is 0 Å². The number of piperidine rings is 2. The van der Waals surface area contributed by atoms with Gasteiger partial charge in [-0.2, -0.15) is 0 Å². The number of nitrogens with two attached hydrogens (primary N) is 1. The third-order valence-electron chi connectivity index (χ3n) is 10.9. The summed E-state index contributed by atoms with van der Waals surface area (Å²) in [7, 11) is 0. The molecule has 4 aliphatic rings. The zero-order valence-corrected chi connectivity index (χ0v) is 29.8. The number of Topliss-reactive ketones (excluding diaryl/α,β-unsaturated/α-hetero) is 2. The molecular formula is C44H50F4N4O3. The normalized spacial score (nSPS) is 19.3. The number of ketones is 2. The van der Waals surface area contributed by atoms with Gasteiger partial charge in [0, 0.05) is 52.8 Å². The Balaban J connectivity index is 0.000000191. The predicted molar refractivity (Wildman–Crippen MR) is 206 cm³/mol. The molecule has 8 rings (SSSR count). The third kappa shape index (κ3) is 10.5. The van der Waals surface area contributed by atoms with E-state index in [0.717, 1.165) is 55.6 Å². The van der Waals surface area contributed by atoms with Crippen LogP contribution < -0.4 is 16.4 Å². The van der Waals surface area contributed by atoms with Crippen molar-refractivity contribution in [3.8, 4) is 0 Å². The molecule has 2 saturated heterocycles. The minimum absolute atomic E-state index is 0. The fourth-order valence-electron chi connectivity index (χ4n) is 7.86. The Morgan fingerprint density at radius 1 is 0.673 bits per heavy atom. The van der Waals surface area contributed by atoms with E-state index in [1.807, 2.05) is 0 Å². The Morgan fingerprint density at radius 3 is 1.58 bits per heavy atom. The van der Waals surface area contributed by atoms with Crippen molar-refractivity contribution in [2.24, 2.45) is 16.6 Å². The maximum atomic E-state index is 13.5. The first-order valence-corrected chi connectivity index (χ1v) is 18.1. The van der Waals surface area contributed by atoms with Gasteiger partial charge in [-0.05, 0) is 133 Å². The topological polar surface area (TPSA) is 105 Å². The van der Waals surface area contributed by atoms with Gasteiger partial charge < -0.3 is 21.3 Å². The number of rotatable bonds is 3. The van der Waals surface area contributed by atoms with Crippen LogP contribution in [0.2, 0.25) is 0 Å². The van der Waals surface area contributed by atoms with Crippen LogP contribution in [0.25, 0.3) is 0 Å². The largest absolute Gasteiger partial charge is 0.334 e. The van der Waals surface area contributed by atoms with Gasteiger partial charge in [-0.1, -0.05) is 43.8 Å². The van der Waals surface area contributed by atoms with Crippen molar-refractivity contribution in [3.63, 3.8) is 0 Å². The second-order valence-corrected chi connectivity index (χ2v) is 14.6. The Bertz CT molecular complexity index is 2140. The van der Waals surface area contributed by atoms with Crippen molar-refractivity contribution in [2.45, 2.75) is 71.8 Å². The third-order valence-corrected chi connectivity index (χ3v) is 10.9. The number of urea groups is 1. The van der Waals surface area contributed by atoms with Crippen molar-refractivity contribution in [1.29, 1.82) is 0 Å². The summed E-state index contributed by atoms with van der Waals surface area (Å²) in [6.45, 7) is -1.24. The molecule has 0 radical (unpaired) electrons. The SMILES string of the molecule is C.O=C1CC2(CCNCC2)Cc2ccc(F)cc21.[2H]C([2H])(N)c1ccc(F)cc1.[2H]C([2H])(NC(=O)N1CCC2(CC1)CC(=O)c1cc(F)ccc1C2)c1ccc(F)cc1. The number of fused-ring (bicyclic) bond motifs is 2. The standard InChI is InChI=1S/C22H22F2N2O2.C14H16FNO.C7H8FN.CH4/c23-17-4-1-15(2-5-17)14-25-21(28)26-9-7-22(8-10-26)12-16-3-6-18(24)11-19(16)20(27)13-22;15-11-2-1-10-8-14(3-5-16-6-4-14)9-13(17)12(10)7-11;8-7-3-1-6(5-9)2-4-7;/h1-6,11H,7-10,12-14H2,(H,25,28);1-2,7,16H,3-6,8-9H2;1-4H,5,9H2;1H4/i14D2;;5D2;. The van der Waals surface area contributed by atoms with E-state index < -0.39 is 36.5 Å². The van der Waals surface area contributed by atoms with E-state index in [1.54, 1.807) is 12.1 Å². The van der Waals surface area contributed by atoms with Crippen molar-refractivity contribution >= 4 is 17.6 Å². The molecule has 4 N–H and O–H groups in total. The van der Waals surface area contributed by atoms with Crippen LogP contribution in [-0.2, 0) is 25.8 Å². The fourth-order valence-corrected chi connectivity index (χ4v) is 7.86. The average molecular weight is 763 g/mol. The van der Waals surface area contributed by atoms with Crippen LogP contribution in [0.4, 0.5) is 22.4 Å². The highest BCUT2D eigenvalue weighted by molar-refractivity contribution is 5.99. The van der Waals surface area contributed by atoms with Crippen molar-refractivity contribution < 1.29 is 37.4 Å². The second-order valence-electron chi connectivity index (χ2n) is 14.6. The molecule has 7 nitrogen and oxygen atoms in total. The van der Waals surface area contributed by atoms with Crippen LogP contribution in [0.5, 0.6) is 0 Å². The smallest absolute Gasteiger partial charge is 0.317 e. The maximum Gasteiger partial charge on any atom is 0.317 e. The molecular weight excluding hydrogens is 709 g/mol. The molecule has 2 fully saturated rings. The van der Waals surface area contributed by atoms with Crippen LogP contribution >= 0.6 is 0 Å². The lowest BCUT2D eigenvalue weighted by Crippen LogP contribution is -2.49. The number of hydrogen-bond acceptors (Lipinski definition) is 5. The number of hydrogen-bond donors (Lipinski definition) is 3. The number of benzene rings is 4. The number of halogens is 4. The first-order valence-electron chi connectivity index (χ1n) is 20.1. The van der Waals surface area contributed by atoms with Crippen molar-refractivity contribution in [1.82, 2.24) is 15.5 Å². The minimum Gasteiger partial charge on any atom is -0.334 e. The van der Waals surface area contributed by atoms with Gasteiger partial charge in [0.15, 0.2) is 11.6 Å². The van der Waals surface area contributed by atoms with E-state index in [0.29, 0.717) is 56.3 Å². The summed E-state index contributed by atoms with van der Waals surface area (Å²) >= 11 is 0. The van der Waals surface area contributed by atoms with Crippen LogP contribution in [0.3, 0.4) is 0 Å². The van der Waals surface area contributed by atoms with Gasteiger partial charge in [0.05, 0.1) is 2.74 Å². The van der Waals surface area contributed by atoms with E-state index in [1.165, 1.54) is 65.6 Å². The number of carbonyl (C=O) groups is 3. The molecule has 4 aromatic rings. The van der Waals surface area contributed by atoms with Gasteiger partial charge in [0.25, 0.3) is 0 Å². The number of amides is 2. The molecule has 0 aromatic heterocycles. The number of nitrogens with one attached hydrogen (secondary N) is 2. The monoisotopic (exact) mass is 762 g/mol. The van der Waals surface area contributed by atoms with Crippen LogP contribution in [0.15, 0.2) is 84.9 Å². The Hall–Kier alpha value is -4.87. The number of likely N-dealkylation sites (tertiary alicyclic amines) is 1. The van der Waals surface area contributed by atoms with Crippen molar-refractivity contribution in [2.75, 3.05) is 26.2 Å². The quantitative estimate of drug-likeness (QED) is 0.182. The summed E-state index contributed by atoms with van der Waals surface area (Å²) in [6, 6.07) is 18.3. The van der Waals surface area contributed by atoms with Gasteiger partial charge in [0.1, 0.15) is 23.3 Å². The number of nitrogens with zero attached hydrogens (tertiary/aromatic N) is 1. The summed E-state index contributed by atoms with van der Waals surface area (Å²) < 4.78 is 82.4. The molecule has 55 heavy (non-hydrogen) atoms. The van der Waals surface area contributed by atoms with Crippen LogP contribution in [0.1, 0.15) is 94.4 Å². The van der Waals surface area contributed by atoms with E-state index in [4.69, 9.17) is 11.2 Å². The molecule has 2 aliphatic carbocycles. The van der Waals surface area contributed by atoms with E-state index in [9.17, 15) is 31.9 Å². The minimum atomic E-state index is -2.14. The second kappa shape index (κ2) is 18.2. The average Bonchev–Trinajstić information content (AvgIpc) is 3.16. The van der Waals surface area contributed by atoms with E-state index in [2.05, 4.69) is 10.6 Å². The zero-order chi connectivity index (χ0) is 41.9. The zero-order valence-electron chi connectivity index (χ0n) is 33.8. The molecule has 292 valence electrons. The lowest BCUT2D eigenvalue weighted by Gasteiger charge is -2.44. The molecule has 0 unspecified atom stereocenters. The first-order chi connectivity index (χ1) is 27.4. The van der Waals surface area contributed by atoms with Crippen LogP contribution in [0, 0.1) is 34.1 Å². The van der Waals surface area contributed by atoms with E-state index in [-0.39, 0.29) is 46.8 Å². The van der Waals surface area contributed by atoms with Crippen LogP contribution in [-0.4, -0.2) is 48.7 Å². The Morgan fingerprint density at radius 2 is 1.11 bits per heavy atom. The molecule has 0 bridgehead atoms. The first kappa shape index (κ1) is 35.8. The molecule has 2 spiro atoms. The lowest BCUT2D eigenvalue weighted by atomic mass is 9.66. The highest BCUT2D eigenvalue weighted by Crippen LogP contribution is 2.44. The molecule has 0 saturated carbocycles. The predicted octanol–water partition coefficient (Wildman–Crippen LogP) is 8.33. The molecule has 2 aliphatic heterocycles. The summed E-state index contributed by atoms with van der Waals surface area (Å²) in [5.41, 5.74) is 8.37. The number of carbonyl (C=O) groups excluding carboxylic acids is 3. The van der Waals surface area contributed by atoms with Gasteiger partial charge in [-0.15, -0.1) is 0 Å². The van der Waals surface area contributed by atoms with Crippen molar-refractivity contribution in [3.05, 3.63) is 142 Å². The molecule has 0 atom stereocenters. The summed E-state index contributed by atoms with van der Waals surface area (Å²) in [5, 5.41) is 5.71. The highest BCUT2D eigenvalue weighted by Gasteiger charge is 2.42. The summed E-state index contributed by atoms with van der Waals surface area (Å²) in [5.74, 6) is -1.54. The summed E-state index contributed by atoms with van der Waals surface area (Å²) in [4.78, 5) is 38.8. The Kier molecular flexibility index (Phi) is 11.8. The molecule has 2 amide bonds. The lowest BCUT2D eigenvalue weighted by molar-refractivity contribution is 0.0734. The van der Waals surface area contributed by atoms with Gasteiger partial charge >= 0.3 is 6.03 Å². The van der Waals surface area contributed by atoms with E-state index >= 15 is 0 Å².